The molecule has 0 aromatic carbocycles. The lowest BCUT2D eigenvalue weighted by atomic mass is 10.0. The second kappa shape index (κ2) is 11.4. The van der Waals surface area contributed by atoms with Crippen molar-refractivity contribution >= 4 is 11.3 Å². The first kappa shape index (κ1) is 16.6. The van der Waals surface area contributed by atoms with E-state index in [1.54, 1.807) is 11.3 Å². The first-order valence-corrected chi connectivity index (χ1v) is 8.86. The molecule has 0 saturated heterocycles. The molecule has 1 aromatic heterocycles. The van der Waals surface area contributed by atoms with Crippen molar-refractivity contribution in [3.8, 4) is 0 Å². The Morgan fingerprint density at radius 1 is 1.11 bits per heavy atom. The number of unbranched alkanes of at least 4 members (excludes halogenated alkanes) is 5. The van der Waals surface area contributed by atoms with Crippen LogP contribution in [-0.2, 0) is 6.42 Å². The van der Waals surface area contributed by atoms with Crippen molar-refractivity contribution < 1.29 is 0 Å². The molecule has 1 N–H and O–H groups in total. The van der Waals surface area contributed by atoms with Crippen LogP contribution in [0.1, 0.15) is 70.2 Å². The van der Waals surface area contributed by atoms with Gasteiger partial charge in [-0.05, 0) is 19.4 Å². The van der Waals surface area contributed by atoms with Gasteiger partial charge in [0.1, 0.15) is 0 Å². The highest BCUT2D eigenvalue weighted by atomic mass is 32.1. The zero-order chi connectivity index (χ0) is 13.8. The molecule has 0 spiro atoms. The van der Waals surface area contributed by atoms with E-state index in [0.717, 1.165) is 13.0 Å². The van der Waals surface area contributed by atoms with Crippen LogP contribution in [0, 0.1) is 0 Å². The van der Waals surface area contributed by atoms with E-state index in [1.807, 2.05) is 6.20 Å². The maximum atomic E-state index is 4.41. The quantitative estimate of drug-likeness (QED) is 0.557. The van der Waals surface area contributed by atoms with E-state index in [9.17, 15) is 0 Å². The molecular formula is C16H30N2S. The zero-order valence-corrected chi connectivity index (χ0v) is 13.5. The molecular weight excluding hydrogens is 252 g/mol. The van der Waals surface area contributed by atoms with Gasteiger partial charge in [-0.2, -0.15) is 0 Å². The summed E-state index contributed by atoms with van der Waals surface area (Å²) in [5, 5.41) is 7.03. The third kappa shape index (κ3) is 8.38. The molecule has 2 nitrogen and oxygen atoms in total. The number of rotatable bonds is 12. The fourth-order valence-electron chi connectivity index (χ4n) is 2.36. The van der Waals surface area contributed by atoms with E-state index in [1.165, 1.54) is 56.4 Å². The third-order valence-corrected chi connectivity index (χ3v) is 4.30. The molecule has 1 aromatic rings. The summed E-state index contributed by atoms with van der Waals surface area (Å²) in [6.45, 7) is 5.64. The van der Waals surface area contributed by atoms with Crippen LogP contribution in [0.5, 0.6) is 0 Å². The SMILES string of the molecule is CCCCCCCCC(Cc1nccs1)NCCC. The largest absolute Gasteiger partial charge is 0.314 e. The maximum absolute atomic E-state index is 4.41. The monoisotopic (exact) mass is 282 g/mol. The number of hydrogen-bond donors (Lipinski definition) is 1. The normalized spacial score (nSPS) is 12.7. The van der Waals surface area contributed by atoms with Crippen molar-refractivity contribution in [2.75, 3.05) is 6.54 Å². The van der Waals surface area contributed by atoms with Gasteiger partial charge in [-0.3, -0.25) is 0 Å². The summed E-state index contributed by atoms with van der Waals surface area (Å²) in [7, 11) is 0. The molecule has 1 rings (SSSR count). The molecule has 0 aliphatic heterocycles. The highest BCUT2D eigenvalue weighted by molar-refractivity contribution is 7.09. The molecule has 0 aliphatic rings. The molecule has 0 radical (unpaired) electrons. The van der Waals surface area contributed by atoms with E-state index in [0.29, 0.717) is 6.04 Å². The van der Waals surface area contributed by atoms with Gasteiger partial charge in [0, 0.05) is 24.0 Å². The van der Waals surface area contributed by atoms with Gasteiger partial charge in [-0.25, -0.2) is 4.98 Å². The molecule has 0 saturated carbocycles. The van der Waals surface area contributed by atoms with Crippen LogP contribution >= 0.6 is 11.3 Å². The van der Waals surface area contributed by atoms with Gasteiger partial charge in [-0.1, -0.05) is 52.4 Å². The topological polar surface area (TPSA) is 24.9 Å². The van der Waals surface area contributed by atoms with E-state index >= 15 is 0 Å². The van der Waals surface area contributed by atoms with Crippen LogP contribution in [0.3, 0.4) is 0 Å². The fraction of sp³-hybridized carbons (Fsp3) is 0.812. The van der Waals surface area contributed by atoms with Crippen molar-refractivity contribution in [2.45, 2.75) is 77.7 Å². The summed E-state index contributed by atoms with van der Waals surface area (Å²) in [5.74, 6) is 0. The summed E-state index contributed by atoms with van der Waals surface area (Å²) in [5.41, 5.74) is 0. The molecule has 19 heavy (non-hydrogen) atoms. The summed E-state index contributed by atoms with van der Waals surface area (Å²) >= 11 is 1.78. The minimum absolute atomic E-state index is 0.622. The van der Waals surface area contributed by atoms with Crippen molar-refractivity contribution in [3.05, 3.63) is 16.6 Å². The summed E-state index contributed by atoms with van der Waals surface area (Å²) in [6.07, 6.45) is 13.8. The summed E-state index contributed by atoms with van der Waals surface area (Å²) in [4.78, 5) is 4.41. The van der Waals surface area contributed by atoms with Crippen LogP contribution in [0.15, 0.2) is 11.6 Å². The lowest BCUT2D eigenvalue weighted by Gasteiger charge is -2.17. The number of nitrogens with one attached hydrogen (secondary N) is 1. The average Bonchev–Trinajstić information content (AvgIpc) is 2.92. The average molecular weight is 282 g/mol. The highest BCUT2D eigenvalue weighted by Gasteiger charge is 2.10. The Bertz CT molecular complexity index is 285. The number of hydrogen-bond acceptors (Lipinski definition) is 3. The predicted molar refractivity (Wildman–Crippen MR) is 85.9 cm³/mol. The van der Waals surface area contributed by atoms with Gasteiger partial charge >= 0.3 is 0 Å². The Hall–Kier alpha value is -0.410. The van der Waals surface area contributed by atoms with Gasteiger partial charge in [-0.15, -0.1) is 11.3 Å². The van der Waals surface area contributed by atoms with Crippen molar-refractivity contribution in [2.24, 2.45) is 0 Å². The second-order valence-electron chi connectivity index (χ2n) is 5.34. The van der Waals surface area contributed by atoms with Crippen LogP contribution in [0.2, 0.25) is 0 Å². The van der Waals surface area contributed by atoms with E-state index in [4.69, 9.17) is 0 Å². The Balaban J connectivity index is 2.17. The second-order valence-corrected chi connectivity index (χ2v) is 6.32. The zero-order valence-electron chi connectivity index (χ0n) is 12.7. The first-order valence-electron chi connectivity index (χ1n) is 7.98. The molecule has 1 atom stereocenters. The number of aromatic nitrogens is 1. The standard InChI is InChI=1S/C16H30N2S/c1-3-5-6-7-8-9-10-15(17-11-4-2)14-16-18-12-13-19-16/h12-13,15,17H,3-11,14H2,1-2H3. The smallest absolute Gasteiger partial charge is 0.0940 e. The van der Waals surface area contributed by atoms with Gasteiger partial charge in [0.2, 0.25) is 0 Å². The molecule has 0 fully saturated rings. The summed E-state index contributed by atoms with van der Waals surface area (Å²) < 4.78 is 0. The van der Waals surface area contributed by atoms with Crippen molar-refractivity contribution in [3.63, 3.8) is 0 Å². The van der Waals surface area contributed by atoms with Crippen LogP contribution in [0.4, 0.5) is 0 Å². The third-order valence-electron chi connectivity index (χ3n) is 3.49. The van der Waals surface area contributed by atoms with Crippen LogP contribution in [-0.4, -0.2) is 17.6 Å². The molecule has 1 unspecified atom stereocenters. The minimum atomic E-state index is 0.622. The molecule has 0 amide bonds. The molecule has 3 heteroatoms. The van der Waals surface area contributed by atoms with Gasteiger partial charge in [0.05, 0.1) is 5.01 Å². The molecule has 0 bridgehead atoms. The Labute approximate surface area is 123 Å². The maximum Gasteiger partial charge on any atom is 0.0940 e. The number of thiazole rings is 1. The van der Waals surface area contributed by atoms with Crippen LogP contribution < -0.4 is 5.32 Å². The Morgan fingerprint density at radius 3 is 2.58 bits per heavy atom. The fourth-order valence-corrected chi connectivity index (χ4v) is 3.06. The van der Waals surface area contributed by atoms with Gasteiger partial charge in [0.15, 0.2) is 0 Å². The van der Waals surface area contributed by atoms with Crippen molar-refractivity contribution in [1.82, 2.24) is 10.3 Å². The lowest BCUT2D eigenvalue weighted by molar-refractivity contribution is 0.449. The lowest BCUT2D eigenvalue weighted by Crippen LogP contribution is -2.31. The van der Waals surface area contributed by atoms with E-state index in [2.05, 4.69) is 29.5 Å². The molecule has 110 valence electrons. The summed E-state index contributed by atoms with van der Waals surface area (Å²) in [6, 6.07) is 0.622. The van der Waals surface area contributed by atoms with Crippen molar-refractivity contribution in [1.29, 1.82) is 0 Å². The predicted octanol–water partition coefficient (Wildman–Crippen LogP) is 4.80. The van der Waals surface area contributed by atoms with Gasteiger partial charge < -0.3 is 5.32 Å². The highest BCUT2D eigenvalue weighted by Crippen LogP contribution is 2.13. The Morgan fingerprint density at radius 2 is 1.89 bits per heavy atom. The molecule has 0 aliphatic carbocycles. The minimum Gasteiger partial charge on any atom is -0.314 e. The van der Waals surface area contributed by atoms with E-state index in [-0.39, 0.29) is 0 Å². The number of nitrogens with zero attached hydrogens (tertiary/aromatic N) is 1. The molecule has 1 heterocycles. The van der Waals surface area contributed by atoms with Gasteiger partial charge in [0.25, 0.3) is 0 Å². The Kier molecular flexibility index (Phi) is 10.0. The van der Waals surface area contributed by atoms with Crippen LogP contribution in [0.25, 0.3) is 0 Å². The first-order chi connectivity index (χ1) is 9.36. The van der Waals surface area contributed by atoms with E-state index < -0.39 is 0 Å².